The van der Waals surface area contributed by atoms with Crippen LogP contribution in [0.3, 0.4) is 0 Å². The Labute approximate surface area is 194 Å². The molecule has 1 amide bonds. The molecule has 0 radical (unpaired) electrons. The maximum absolute atomic E-state index is 12.3. The van der Waals surface area contributed by atoms with Gasteiger partial charge in [-0.2, -0.15) is 0 Å². The number of aryl methyl sites for hydroxylation is 1. The van der Waals surface area contributed by atoms with Gasteiger partial charge in [0.1, 0.15) is 17.7 Å². The summed E-state index contributed by atoms with van der Waals surface area (Å²) >= 11 is 0. The third kappa shape index (κ3) is 5.03. The van der Waals surface area contributed by atoms with Crippen LogP contribution in [-0.4, -0.2) is 84.3 Å². The molecule has 0 aliphatic carbocycles. The summed E-state index contributed by atoms with van der Waals surface area (Å²) < 4.78 is 10.2. The molecule has 0 bridgehead atoms. The number of methoxy groups -OCH3 is 1. The van der Waals surface area contributed by atoms with Gasteiger partial charge in [-0.3, -0.25) is 9.69 Å². The molecule has 0 saturated carbocycles. The number of nitrogens with zero attached hydrogens (tertiary/aromatic N) is 5. The Bertz CT molecular complexity index is 1010. The molecular weight excluding hydrogens is 422 g/mol. The summed E-state index contributed by atoms with van der Waals surface area (Å²) in [7, 11) is 1.44. The Kier molecular flexibility index (Phi) is 7.27. The molecule has 2 aliphatic rings. The van der Waals surface area contributed by atoms with Crippen molar-refractivity contribution in [1.29, 1.82) is 0 Å². The second-order valence-electron chi connectivity index (χ2n) is 8.61. The van der Waals surface area contributed by atoms with Crippen LogP contribution in [0.2, 0.25) is 0 Å². The van der Waals surface area contributed by atoms with Gasteiger partial charge < -0.3 is 19.3 Å². The molecule has 0 N–H and O–H groups in total. The molecule has 3 heterocycles. The van der Waals surface area contributed by atoms with Crippen molar-refractivity contribution in [2.24, 2.45) is 0 Å². The van der Waals surface area contributed by atoms with E-state index in [1.165, 1.54) is 7.11 Å². The Morgan fingerprint density at radius 3 is 2.61 bits per heavy atom. The minimum absolute atomic E-state index is 0.193. The number of hydrogen-bond acceptors (Lipinski definition) is 8. The molecule has 9 heteroatoms. The first-order valence-corrected chi connectivity index (χ1v) is 11.8. The quantitative estimate of drug-likeness (QED) is 0.636. The van der Waals surface area contributed by atoms with Crippen molar-refractivity contribution in [2.45, 2.75) is 45.7 Å². The maximum Gasteiger partial charge on any atom is 0.409 e. The summed E-state index contributed by atoms with van der Waals surface area (Å²) in [5.41, 5.74) is 2.02. The first-order valence-electron chi connectivity index (χ1n) is 11.8. The van der Waals surface area contributed by atoms with Crippen LogP contribution in [0.25, 0.3) is 10.9 Å². The van der Waals surface area contributed by atoms with Gasteiger partial charge in [0.05, 0.1) is 25.8 Å². The van der Waals surface area contributed by atoms with E-state index in [1.54, 1.807) is 4.90 Å². The average Bonchev–Trinajstić information content (AvgIpc) is 2.84. The largest absolute Gasteiger partial charge is 0.468 e. The predicted molar refractivity (Wildman–Crippen MR) is 125 cm³/mol. The zero-order valence-corrected chi connectivity index (χ0v) is 19.7. The van der Waals surface area contributed by atoms with Gasteiger partial charge in [0, 0.05) is 31.6 Å². The molecule has 2 saturated heterocycles. The smallest absolute Gasteiger partial charge is 0.409 e. The molecule has 2 aliphatic heterocycles. The van der Waals surface area contributed by atoms with Gasteiger partial charge in [-0.15, -0.1) is 0 Å². The second kappa shape index (κ2) is 10.3. The monoisotopic (exact) mass is 455 g/mol. The van der Waals surface area contributed by atoms with Crippen molar-refractivity contribution >= 4 is 28.8 Å². The molecule has 9 nitrogen and oxygen atoms in total. The lowest BCUT2D eigenvalue weighted by atomic mass is 10.0. The number of ether oxygens (including phenoxy) is 2. The van der Waals surface area contributed by atoms with Gasteiger partial charge in [0.15, 0.2) is 0 Å². The summed E-state index contributed by atoms with van der Waals surface area (Å²) in [6, 6.07) is 5.88. The average molecular weight is 456 g/mol. The molecule has 1 aromatic heterocycles. The number of piperidine rings is 1. The SMILES string of the molecule is CCOC(=O)N1CCN(c2nc(CN3CCCC[C@@H]3C(=O)OC)nc3c(C)cccc23)CC1. The fraction of sp³-hybridized carbons (Fsp3) is 0.583. The lowest BCUT2D eigenvalue weighted by Crippen LogP contribution is -2.49. The van der Waals surface area contributed by atoms with E-state index in [0.29, 0.717) is 45.2 Å². The van der Waals surface area contributed by atoms with E-state index in [2.05, 4.69) is 28.9 Å². The molecule has 0 spiro atoms. The minimum atomic E-state index is -0.264. The Hall–Kier alpha value is -2.94. The van der Waals surface area contributed by atoms with Gasteiger partial charge >= 0.3 is 12.1 Å². The van der Waals surface area contributed by atoms with Gasteiger partial charge in [0.2, 0.25) is 0 Å². The van der Waals surface area contributed by atoms with Crippen LogP contribution in [0.1, 0.15) is 37.6 Å². The van der Waals surface area contributed by atoms with Crippen LogP contribution >= 0.6 is 0 Å². The summed E-state index contributed by atoms with van der Waals surface area (Å²) in [6.45, 7) is 8.09. The van der Waals surface area contributed by atoms with Crippen LogP contribution in [0.4, 0.5) is 10.6 Å². The van der Waals surface area contributed by atoms with Gasteiger partial charge in [0.25, 0.3) is 0 Å². The summed E-state index contributed by atoms with van der Waals surface area (Å²) in [6.07, 6.45) is 2.59. The highest BCUT2D eigenvalue weighted by Crippen LogP contribution is 2.28. The molecule has 33 heavy (non-hydrogen) atoms. The van der Waals surface area contributed by atoms with Crippen molar-refractivity contribution in [3.63, 3.8) is 0 Å². The van der Waals surface area contributed by atoms with E-state index in [-0.39, 0.29) is 18.1 Å². The third-order valence-electron chi connectivity index (χ3n) is 6.49. The van der Waals surface area contributed by atoms with E-state index in [4.69, 9.17) is 19.4 Å². The highest BCUT2D eigenvalue weighted by atomic mass is 16.6. The fourth-order valence-electron chi connectivity index (χ4n) is 4.72. The minimum Gasteiger partial charge on any atom is -0.468 e. The van der Waals surface area contributed by atoms with Crippen molar-refractivity contribution in [3.8, 4) is 0 Å². The summed E-state index contributed by atoms with van der Waals surface area (Å²) in [5.74, 6) is 1.39. The number of carbonyl (C=O) groups excluding carboxylic acids is 2. The number of rotatable bonds is 5. The lowest BCUT2D eigenvalue weighted by molar-refractivity contribution is -0.148. The Morgan fingerprint density at radius 1 is 1.09 bits per heavy atom. The van der Waals surface area contributed by atoms with E-state index in [9.17, 15) is 9.59 Å². The van der Waals surface area contributed by atoms with E-state index in [1.807, 2.05) is 13.0 Å². The van der Waals surface area contributed by atoms with Gasteiger partial charge in [-0.25, -0.2) is 14.8 Å². The summed E-state index contributed by atoms with van der Waals surface area (Å²) in [5, 5.41) is 1.01. The normalized spacial score (nSPS) is 19.5. The number of anilines is 1. The lowest BCUT2D eigenvalue weighted by Gasteiger charge is -2.36. The second-order valence-corrected chi connectivity index (χ2v) is 8.61. The van der Waals surface area contributed by atoms with Crippen molar-refractivity contribution in [1.82, 2.24) is 19.8 Å². The zero-order chi connectivity index (χ0) is 23.4. The number of para-hydroxylation sites is 1. The number of likely N-dealkylation sites (tertiary alicyclic amines) is 1. The Morgan fingerprint density at radius 2 is 1.88 bits per heavy atom. The number of amides is 1. The van der Waals surface area contributed by atoms with Crippen LogP contribution in [0.15, 0.2) is 18.2 Å². The number of benzene rings is 1. The van der Waals surface area contributed by atoms with Crippen LogP contribution in [0, 0.1) is 6.92 Å². The Balaban J connectivity index is 1.61. The number of esters is 1. The molecule has 1 aromatic carbocycles. The number of fused-ring (bicyclic) bond motifs is 1. The van der Waals surface area contributed by atoms with Crippen molar-refractivity contribution in [2.75, 3.05) is 51.3 Å². The number of aromatic nitrogens is 2. The van der Waals surface area contributed by atoms with Crippen LogP contribution in [-0.2, 0) is 20.8 Å². The van der Waals surface area contributed by atoms with Crippen LogP contribution < -0.4 is 4.90 Å². The third-order valence-corrected chi connectivity index (χ3v) is 6.49. The molecule has 2 fully saturated rings. The highest BCUT2D eigenvalue weighted by molar-refractivity contribution is 5.91. The standard InChI is InChI=1S/C24H33N5O4/c1-4-33-24(31)28-14-12-27(13-15-28)22-18-9-7-8-17(2)21(18)25-20(26-22)16-29-11-6-5-10-19(29)23(30)32-3/h7-9,19H,4-6,10-16H2,1-3H3/t19-/m1/s1. The summed E-state index contributed by atoms with van der Waals surface area (Å²) in [4.78, 5) is 40.4. The van der Waals surface area contributed by atoms with Crippen molar-refractivity contribution < 1.29 is 19.1 Å². The first kappa shape index (κ1) is 23.2. The maximum atomic E-state index is 12.3. The van der Waals surface area contributed by atoms with Gasteiger partial charge in [-0.1, -0.05) is 18.6 Å². The highest BCUT2D eigenvalue weighted by Gasteiger charge is 2.31. The first-order chi connectivity index (χ1) is 16.0. The molecular formula is C24H33N5O4. The fourth-order valence-corrected chi connectivity index (χ4v) is 4.72. The predicted octanol–water partition coefficient (Wildman–Crippen LogP) is 2.74. The number of hydrogen-bond donors (Lipinski definition) is 0. The van der Waals surface area contributed by atoms with Crippen LogP contribution in [0.5, 0.6) is 0 Å². The molecule has 178 valence electrons. The topological polar surface area (TPSA) is 88.1 Å². The molecule has 1 atom stereocenters. The van der Waals surface area contributed by atoms with E-state index >= 15 is 0 Å². The van der Waals surface area contributed by atoms with Gasteiger partial charge in [-0.05, 0) is 44.9 Å². The van der Waals surface area contributed by atoms with E-state index < -0.39 is 0 Å². The molecule has 0 unspecified atom stereocenters. The van der Waals surface area contributed by atoms with E-state index in [0.717, 1.165) is 48.1 Å². The molecule has 4 rings (SSSR count). The number of carbonyl (C=O) groups is 2. The number of piperazine rings is 1. The van der Waals surface area contributed by atoms with Crippen molar-refractivity contribution in [3.05, 3.63) is 29.6 Å². The zero-order valence-electron chi connectivity index (χ0n) is 19.7. The molecule has 2 aromatic rings.